The summed E-state index contributed by atoms with van der Waals surface area (Å²) in [6, 6.07) is 0. The van der Waals surface area contributed by atoms with Gasteiger partial charge in [-0.3, -0.25) is 4.79 Å². The number of nitrogens with one attached hydrogen (secondary N) is 1. The molecular formula is C9H14N2O3. The lowest BCUT2D eigenvalue weighted by molar-refractivity contribution is -0.116. The Morgan fingerprint density at radius 2 is 2.07 bits per heavy atom. The number of aliphatic imine (C=N–C) groups is 1. The van der Waals surface area contributed by atoms with Gasteiger partial charge in [0.25, 0.3) is 5.91 Å². The Morgan fingerprint density at radius 1 is 1.50 bits per heavy atom. The largest absolute Gasteiger partial charge is 0.445 e. The van der Waals surface area contributed by atoms with Crippen LogP contribution in [-0.2, 0) is 9.53 Å². The summed E-state index contributed by atoms with van der Waals surface area (Å²) < 4.78 is 4.68. The van der Waals surface area contributed by atoms with Crippen molar-refractivity contribution in [2.24, 2.45) is 4.99 Å². The van der Waals surface area contributed by atoms with E-state index in [4.69, 9.17) is 0 Å². The van der Waals surface area contributed by atoms with E-state index in [2.05, 4.69) is 21.6 Å². The molecule has 14 heavy (non-hydrogen) atoms. The zero-order chi connectivity index (χ0) is 11.1. The quantitative estimate of drug-likeness (QED) is 0.421. The molecule has 0 unspecified atom stereocenters. The summed E-state index contributed by atoms with van der Waals surface area (Å²) in [4.78, 5) is 25.0. The molecule has 0 saturated heterocycles. The van der Waals surface area contributed by atoms with Gasteiger partial charge in [0.15, 0.2) is 0 Å². The summed E-state index contributed by atoms with van der Waals surface area (Å²) in [5.74, 6) is -0.383. The van der Waals surface area contributed by atoms with Gasteiger partial charge < -0.3 is 10.1 Å². The third kappa shape index (κ3) is 5.93. The molecule has 0 spiro atoms. The minimum absolute atomic E-state index is 0.225. The molecule has 5 heteroatoms. The van der Waals surface area contributed by atoms with Crippen LogP contribution in [0.1, 0.15) is 20.8 Å². The van der Waals surface area contributed by atoms with E-state index in [1.54, 1.807) is 20.8 Å². The van der Waals surface area contributed by atoms with Gasteiger partial charge in [0.1, 0.15) is 6.34 Å². The molecule has 5 nitrogen and oxygen atoms in total. The van der Waals surface area contributed by atoms with E-state index in [1.165, 1.54) is 0 Å². The van der Waals surface area contributed by atoms with E-state index < -0.39 is 6.09 Å². The van der Waals surface area contributed by atoms with Gasteiger partial charge in [-0.25, -0.2) is 4.79 Å². The van der Waals surface area contributed by atoms with Crippen LogP contribution in [0, 0.1) is 0 Å². The summed E-state index contributed by atoms with van der Waals surface area (Å²) in [6.07, 6.45) is 0.0281. The Kier molecular flexibility index (Phi) is 5.21. The Balaban J connectivity index is 3.89. The van der Waals surface area contributed by atoms with Crippen LogP contribution in [0.3, 0.4) is 0 Å². The van der Waals surface area contributed by atoms with Gasteiger partial charge in [-0.05, 0) is 20.8 Å². The third-order valence-electron chi connectivity index (χ3n) is 1.09. The van der Waals surface area contributed by atoms with E-state index in [9.17, 15) is 9.59 Å². The van der Waals surface area contributed by atoms with Crippen LogP contribution in [0.2, 0.25) is 0 Å². The molecule has 0 aliphatic heterocycles. The van der Waals surface area contributed by atoms with Gasteiger partial charge in [-0.15, -0.1) is 0 Å². The van der Waals surface area contributed by atoms with Gasteiger partial charge in [0.05, 0.1) is 6.10 Å². The minimum atomic E-state index is -0.734. The average Bonchev–Trinajstić information content (AvgIpc) is 2.02. The Labute approximate surface area is 82.9 Å². The maximum Gasteiger partial charge on any atom is 0.435 e. The maximum absolute atomic E-state index is 10.9. The molecule has 2 amide bonds. The van der Waals surface area contributed by atoms with Crippen LogP contribution in [-0.4, -0.2) is 24.4 Å². The van der Waals surface area contributed by atoms with Crippen molar-refractivity contribution in [2.75, 3.05) is 0 Å². The van der Waals surface area contributed by atoms with Gasteiger partial charge in [0, 0.05) is 5.57 Å². The summed E-state index contributed by atoms with van der Waals surface area (Å²) in [6.45, 7) is 8.38. The number of nitrogens with zero attached hydrogens (tertiary/aromatic N) is 1. The number of carbonyl (C=O) groups is 2. The van der Waals surface area contributed by atoms with Crippen LogP contribution in [0.4, 0.5) is 4.79 Å². The van der Waals surface area contributed by atoms with Gasteiger partial charge in [0.2, 0.25) is 0 Å². The molecule has 0 fully saturated rings. The zero-order valence-electron chi connectivity index (χ0n) is 8.53. The van der Waals surface area contributed by atoms with E-state index in [-0.39, 0.29) is 12.0 Å². The highest BCUT2D eigenvalue weighted by molar-refractivity contribution is 6.00. The normalized spacial score (nSPS) is 10.3. The van der Waals surface area contributed by atoms with Crippen LogP contribution in [0.5, 0.6) is 0 Å². The summed E-state index contributed by atoms with van der Waals surface area (Å²) in [7, 11) is 0. The summed E-state index contributed by atoms with van der Waals surface area (Å²) in [5.41, 5.74) is 0.341. The molecule has 0 aromatic rings. The molecular weight excluding hydrogens is 184 g/mol. The molecule has 0 aliphatic rings. The molecule has 0 heterocycles. The lowest BCUT2D eigenvalue weighted by Crippen LogP contribution is -2.22. The molecule has 0 aromatic heterocycles. The van der Waals surface area contributed by atoms with Crippen molar-refractivity contribution in [3.8, 4) is 0 Å². The molecule has 0 bridgehead atoms. The van der Waals surface area contributed by atoms with Crippen molar-refractivity contribution in [3.63, 3.8) is 0 Å². The molecule has 0 rings (SSSR count). The fourth-order valence-electron chi connectivity index (χ4n) is 0.499. The summed E-state index contributed by atoms with van der Waals surface area (Å²) in [5, 5.41) is 2.26. The fraction of sp³-hybridized carbons (Fsp3) is 0.444. The van der Waals surface area contributed by atoms with Crippen molar-refractivity contribution >= 4 is 18.3 Å². The second kappa shape index (κ2) is 5.90. The SMILES string of the molecule is C=C(C)C(=O)NC=NC(=O)OC(C)C. The number of ether oxygens (including phenoxy) is 1. The van der Waals surface area contributed by atoms with Crippen molar-refractivity contribution in [1.82, 2.24) is 5.32 Å². The van der Waals surface area contributed by atoms with E-state index in [1.807, 2.05) is 0 Å². The van der Waals surface area contributed by atoms with Crippen molar-refractivity contribution in [2.45, 2.75) is 26.9 Å². The molecule has 0 radical (unpaired) electrons. The predicted molar refractivity (Wildman–Crippen MR) is 53.1 cm³/mol. The highest BCUT2D eigenvalue weighted by Crippen LogP contribution is 1.90. The minimum Gasteiger partial charge on any atom is -0.445 e. The Bertz CT molecular complexity index is 269. The van der Waals surface area contributed by atoms with Gasteiger partial charge >= 0.3 is 6.09 Å². The summed E-state index contributed by atoms with van der Waals surface area (Å²) >= 11 is 0. The molecule has 0 saturated carbocycles. The highest BCUT2D eigenvalue weighted by Gasteiger charge is 2.02. The van der Waals surface area contributed by atoms with Crippen molar-refractivity contribution < 1.29 is 14.3 Å². The first-order valence-corrected chi connectivity index (χ1v) is 4.13. The maximum atomic E-state index is 10.9. The number of rotatable bonds is 3. The van der Waals surface area contributed by atoms with E-state index >= 15 is 0 Å². The molecule has 0 aromatic carbocycles. The third-order valence-corrected chi connectivity index (χ3v) is 1.09. The lowest BCUT2D eigenvalue weighted by atomic mass is 10.3. The molecule has 0 atom stereocenters. The first-order valence-electron chi connectivity index (χ1n) is 4.13. The standard InChI is InChI=1S/C9H14N2O3/c1-6(2)8(12)10-5-11-9(13)14-7(3)4/h5,7H,1H2,2-4H3,(H,10,11,12,13). The predicted octanol–water partition coefficient (Wildman–Crippen LogP) is 1.25. The molecule has 78 valence electrons. The number of hydrogen-bond acceptors (Lipinski definition) is 3. The van der Waals surface area contributed by atoms with Crippen molar-refractivity contribution in [1.29, 1.82) is 0 Å². The number of amides is 2. The van der Waals surface area contributed by atoms with E-state index in [0.29, 0.717) is 5.57 Å². The number of hydrogen-bond donors (Lipinski definition) is 1. The number of carbonyl (C=O) groups excluding carboxylic acids is 2. The molecule has 0 aliphatic carbocycles. The van der Waals surface area contributed by atoms with E-state index in [0.717, 1.165) is 6.34 Å². The monoisotopic (exact) mass is 198 g/mol. The fourth-order valence-corrected chi connectivity index (χ4v) is 0.499. The van der Waals surface area contributed by atoms with Crippen LogP contribution in [0.25, 0.3) is 0 Å². The lowest BCUT2D eigenvalue weighted by Gasteiger charge is -2.02. The second-order valence-electron chi connectivity index (χ2n) is 2.94. The van der Waals surface area contributed by atoms with Crippen molar-refractivity contribution in [3.05, 3.63) is 12.2 Å². The highest BCUT2D eigenvalue weighted by atomic mass is 16.6. The van der Waals surface area contributed by atoms with Gasteiger partial charge in [-0.2, -0.15) is 4.99 Å². The van der Waals surface area contributed by atoms with Crippen LogP contribution >= 0.6 is 0 Å². The van der Waals surface area contributed by atoms with Crippen LogP contribution in [0.15, 0.2) is 17.1 Å². The van der Waals surface area contributed by atoms with Crippen LogP contribution < -0.4 is 5.32 Å². The van der Waals surface area contributed by atoms with Gasteiger partial charge in [-0.1, -0.05) is 6.58 Å². The Hall–Kier alpha value is -1.65. The zero-order valence-corrected chi connectivity index (χ0v) is 8.53. The topological polar surface area (TPSA) is 67.8 Å². The molecule has 1 N–H and O–H groups in total. The average molecular weight is 198 g/mol. The second-order valence-corrected chi connectivity index (χ2v) is 2.94. The first kappa shape index (κ1) is 12.3. The smallest absolute Gasteiger partial charge is 0.435 e. The Morgan fingerprint density at radius 3 is 2.50 bits per heavy atom. The first-order chi connectivity index (χ1) is 6.43.